The highest BCUT2D eigenvalue weighted by atomic mass is 32.1. The Morgan fingerprint density at radius 2 is 2.04 bits per heavy atom. The van der Waals surface area contributed by atoms with Gasteiger partial charge in [-0.25, -0.2) is 4.79 Å². The lowest BCUT2D eigenvalue weighted by atomic mass is 9.99. The predicted octanol–water partition coefficient (Wildman–Crippen LogP) is 3.64. The average molecular weight is 374 g/mol. The first-order valence-electron chi connectivity index (χ1n) is 8.27. The van der Waals surface area contributed by atoms with E-state index in [1.807, 2.05) is 6.07 Å². The number of benzene rings is 1. The zero-order valence-electron chi connectivity index (χ0n) is 14.2. The first-order valence-corrected chi connectivity index (χ1v) is 9.09. The van der Waals surface area contributed by atoms with E-state index in [4.69, 9.17) is 4.74 Å². The molecule has 26 heavy (non-hydrogen) atoms. The Balaban J connectivity index is 1.56. The topological polar surface area (TPSA) is 98.5 Å². The molecule has 0 fully saturated rings. The van der Waals surface area contributed by atoms with Gasteiger partial charge in [0.15, 0.2) is 6.61 Å². The number of amides is 1. The molecule has 1 aliphatic carbocycles. The maximum absolute atomic E-state index is 12.1. The number of thiophene rings is 1. The Morgan fingerprint density at radius 3 is 2.73 bits per heavy atom. The lowest BCUT2D eigenvalue weighted by molar-refractivity contribution is -0.384. The molecule has 1 amide bonds. The number of nitro benzene ring substituents is 1. The molecule has 0 bridgehead atoms. The van der Waals surface area contributed by atoms with E-state index in [0.717, 1.165) is 25.7 Å². The highest BCUT2D eigenvalue weighted by molar-refractivity contribution is 7.14. The number of fused-ring (bicyclic) bond motifs is 1. The van der Waals surface area contributed by atoms with Gasteiger partial charge in [-0.15, -0.1) is 11.3 Å². The van der Waals surface area contributed by atoms with Gasteiger partial charge >= 0.3 is 5.97 Å². The first kappa shape index (κ1) is 18.1. The van der Waals surface area contributed by atoms with Crippen LogP contribution in [0.4, 0.5) is 11.4 Å². The number of carbonyl (C=O) groups is 2. The molecule has 7 nitrogen and oxygen atoms in total. The molecule has 0 radical (unpaired) electrons. The van der Waals surface area contributed by atoms with Crippen LogP contribution < -0.4 is 5.32 Å². The van der Waals surface area contributed by atoms with E-state index < -0.39 is 23.4 Å². The van der Waals surface area contributed by atoms with Crippen molar-refractivity contribution in [2.24, 2.45) is 0 Å². The Kier molecular flexibility index (Phi) is 5.32. The number of anilines is 1. The summed E-state index contributed by atoms with van der Waals surface area (Å²) in [6.45, 7) is 1.25. The van der Waals surface area contributed by atoms with Crippen molar-refractivity contribution in [2.45, 2.75) is 32.6 Å². The summed E-state index contributed by atoms with van der Waals surface area (Å²) in [7, 11) is 0. The fourth-order valence-electron chi connectivity index (χ4n) is 2.88. The van der Waals surface area contributed by atoms with Gasteiger partial charge in [-0.2, -0.15) is 0 Å². The van der Waals surface area contributed by atoms with E-state index in [9.17, 15) is 19.7 Å². The summed E-state index contributed by atoms with van der Waals surface area (Å²) in [6, 6.07) is 6.00. The van der Waals surface area contributed by atoms with Crippen molar-refractivity contribution in [3.05, 3.63) is 55.3 Å². The van der Waals surface area contributed by atoms with Crippen molar-refractivity contribution in [2.75, 3.05) is 11.9 Å². The molecule has 1 aliphatic rings. The molecule has 3 rings (SSSR count). The van der Waals surface area contributed by atoms with Crippen LogP contribution in [0.15, 0.2) is 24.3 Å². The molecular weight excluding hydrogens is 356 g/mol. The van der Waals surface area contributed by atoms with Crippen LogP contribution in [0.3, 0.4) is 0 Å². The van der Waals surface area contributed by atoms with Crippen LogP contribution in [0.25, 0.3) is 0 Å². The summed E-state index contributed by atoms with van der Waals surface area (Å²) in [5, 5.41) is 13.3. The van der Waals surface area contributed by atoms with Gasteiger partial charge in [0.05, 0.1) is 4.92 Å². The monoisotopic (exact) mass is 374 g/mol. The summed E-state index contributed by atoms with van der Waals surface area (Å²) in [5.41, 5.74) is 2.17. The summed E-state index contributed by atoms with van der Waals surface area (Å²) in [4.78, 5) is 36.1. The maximum Gasteiger partial charge on any atom is 0.348 e. The molecule has 0 unspecified atom stereocenters. The second-order valence-electron chi connectivity index (χ2n) is 6.15. The minimum Gasteiger partial charge on any atom is -0.451 e. The normalized spacial score (nSPS) is 13.0. The summed E-state index contributed by atoms with van der Waals surface area (Å²) < 4.78 is 5.09. The molecule has 2 aromatic rings. The Morgan fingerprint density at radius 1 is 1.27 bits per heavy atom. The van der Waals surface area contributed by atoms with Crippen LogP contribution in [-0.4, -0.2) is 23.4 Å². The number of esters is 1. The van der Waals surface area contributed by atoms with Gasteiger partial charge in [0.25, 0.3) is 11.6 Å². The number of nitrogens with zero attached hydrogens (tertiary/aromatic N) is 1. The van der Waals surface area contributed by atoms with Crippen LogP contribution in [0.5, 0.6) is 0 Å². The van der Waals surface area contributed by atoms with Gasteiger partial charge in [-0.05, 0) is 55.9 Å². The third-order valence-electron chi connectivity index (χ3n) is 4.23. The lowest BCUT2D eigenvalue weighted by Gasteiger charge is -2.08. The third-order valence-corrected chi connectivity index (χ3v) is 5.44. The molecular formula is C18H18N2O5S. The van der Waals surface area contributed by atoms with E-state index in [1.54, 1.807) is 6.92 Å². The smallest absolute Gasteiger partial charge is 0.348 e. The minimum atomic E-state index is -0.500. The zero-order chi connectivity index (χ0) is 18.7. The van der Waals surface area contributed by atoms with Crippen LogP contribution in [0, 0.1) is 17.0 Å². The number of non-ortho nitro benzene ring substituents is 1. The number of rotatable bonds is 5. The van der Waals surface area contributed by atoms with Crippen LogP contribution in [-0.2, 0) is 22.4 Å². The number of nitro groups is 1. The average Bonchev–Trinajstić information content (AvgIpc) is 3.05. The van der Waals surface area contributed by atoms with E-state index in [1.165, 1.54) is 40.0 Å². The highest BCUT2D eigenvalue weighted by Gasteiger charge is 2.19. The first-order chi connectivity index (χ1) is 12.4. The molecule has 0 aliphatic heterocycles. The third kappa shape index (κ3) is 4.08. The van der Waals surface area contributed by atoms with Gasteiger partial charge in [-0.3, -0.25) is 14.9 Å². The van der Waals surface area contributed by atoms with Gasteiger partial charge in [0, 0.05) is 22.7 Å². The summed E-state index contributed by atoms with van der Waals surface area (Å²) in [5.74, 6) is -0.989. The number of aryl methyl sites for hydroxylation is 3. The van der Waals surface area contributed by atoms with Crippen LogP contribution >= 0.6 is 11.3 Å². The van der Waals surface area contributed by atoms with E-state index in [0.29, 0.717) is 16.1 Å². The molecule has 8 heteroatoms. The standard InChI is InChI=1S/C18H18N2O5S/c1-11-8-13(20(23)24)6-7-14(11)19-17(21)10-25-18(22)16-9-12-4-2-3-5-15(12)26-16/h6-9H,2-5,10H2,1H3,(H,19,21). The van der Waals surface area contributed by atoms with Crippen molar-refractivity contribution in [3.8, 4) is 0 Å². The van der Waals surface area contributed by atoms with Crippen molar-refractivity contribution in [1.29, 1.82) is 0 Å². The molecule has 1 heterocycles. The number of carbonyl (C=O) groups excluding carboxylic acids is 2. The molecule has 1 aromatic heterocycles. The fourth-order valence-corrected chi connectivity index (χ4v) is 4.03. The van der Waals surface area contributed by atoms with Crippen molar-refractivity contribution in [3.63, 3.8) is 0 Å². The molecule has 0 spiro atoms. The van der Waals surface area contributed by atoms with Crippen molar-refractivity contribution in [1.82, 2.24) is 0 Å². The molecule has 0 saturated heterocycles. The Labute approximate surface area is 154 Å². The van der Waals surface area contributed by atoms with Crippen molar-refractivity contribution >= 4 is 34.6 Å². The molecule has 0 atom stereocenters. The summed E-state index contributed by atoms with van der Waals surface area (Å²) >= 11 is 1.44. The molecule has 0 saturated carbocycles. The Bertz CT molecular complexity index is 851. The van der Waals surface area contributed by atoms with E-state index in [2.05, 4.69) is 5.32 Å². The number of nitrogens with one attached hydrogen (secondary N) is 1. The SMILES string of the molecule is Cc1cc([N+](=O)[O-])ccc1NC(=O)COC(=O)c1cc2c(s1)CCCC2. The number of hydrogen-bond donors (Lipinski definition) is 1. The summed E-state index contributed by atoms with van der Waals surface area (Å²) in [6.07, 6.45) is 4.25. The quantitative estimate of drug-likeness (QED) is 0.489. The molecule has 1 aromatic carbocycles. The fraction of sp³-hybridized carbons (Fsp3) is 0.333. The number of ether oxygens (including phenoxy) is 1. The van der Waals surface area contributed by atoms with Crippen LogP contribution in [0.1, 0.15) is 38.5 Å². The van der Waals surface area contributed by atoms with E-state index in [-0.39, 0.29) is 5.69 Å². The maximum atomic E-state index is 12.1. The minimum absolute atomic E-state index is 0.0476. The highest BCUT2D eigenvalue weighted by Crippen LogP contribution is 2.30. The van der Waals surface area contributed by atoms with Gasteiger partial charge in [0.1, 0.15) is 4.88 Å². The second kappa shape index (κ2) is 7.65. The Hall–Kier alpha value is -2.74. The van der Waals surface area contributed by atoms with E-state index >= 15 is 0 Å². The largest absolute Gasteiger partial charge is 0.451 e. The lowest BCUT2D eigenvalue weighted by Crippen LogP contribution is -2.21. The zero-order valence-corrected chi connectivity index (χ0v) is 15.1. The van der Waals surface area contributed by atoms with Gasteiger partial charge in [-0.1, -0.05) is 0 Å². The van der Waals surface area contributed by atoms with Gasteiger partial charge < -0.3 is 10.1 Å². The molecule has 136 valence electrons. The second-order valence-corrected chi connectivity index (χ2v) is 7.28. The van der Waals surface area contributed by atoms with Gasteiger partial charge in [0.2, 0.25) is 0 Å². The number of hydrogen-bond acceptors (Lipinski definition) is 6. The van der Waals surface area contributed by atoms with Crippen molar-refractivity contribution < 1.29 is 19.2 Å². The van der Waals surface area contributed by atoms with Crippen LogP contribution in [0.2, 0.25) is 0 Å². The molecule has 1 N–H and O–H groups in total. The predicted molar refractivity (Wildman–Crippen MR) is 97.7 cm³/mol.